The van der Waals surface area contributed by atoms with Crippen LogP contribution < -0.4 is 4.90 Å². The van der Waals surface area contributed by atoms with Crippen LogP contribution in [0.4, 0.5) is 17.1 Å². The maximum absolute atomic E-state index is 6.69. The summed E-state index contributed by atoms with van der Waals surface area (Å²) in [5.41, 5.74) is 12.7. The molecule has 228 valence electrons. The topological polar surface area (TPSA) is 16.4 Å². The number of hydrogen-bond acceptors (Lipinski definition) is 2. The number of para-hydroxylation sites is 1. The van der Waals surface area contributed by atoms with Crippen LogP contribution in [-0.4, -0.2) is 0 Å². The molecule has 1 spiro atoms. The van der Waals surface area contributed by atoms with Gasteiger partial charge in [-0.1, -0.05) is 133 Å². The van der Waals surface area contributed by atoms with Crippen LogP contribution >= 0.6 is 0 Å². The van der Waals surface area contributed by atoms with Gasteiger partial charge in [0.25, 0.3) is 0 Å². The Bertz CT molecular complexity index is 2730. The summed E-state index contributed by atoms with van der Waals surface area (Å²) in [4.78, 5) is 2.41. The highest BCUT2D eigenvalue weighted by Gasteiger charge is 2.54. The smallest absolute Gasteiger partial charge is 0.140 e. The summed E-state index contributed by atoms with van der Waals surface area (Å²) in [7, 11) is 0. The van der Waals surface area contributed by atoms with Crippen molar-refractivity contribution in [1.82, 2.24) is 0 Å². The summed E-state index contributed by atoms with van der Waals surface area (Å²) >= 11 is 0. The van der Waals surface area contributed by atoms with E-state index < -0.39 is 5.41 Å². The fraction of sp³-hybridized carbons (Fsp3) is 0.0213. The Morgan fingerprint density at radius 2 is 0.898 bits per heavy atom. The van der Waals surface area contributed by atoms with Crippen LogP contribution in [-0.2, 0) is 5.41 Å². The molecular formula is C47H29NO. The highest BCUT2D eigenvalue weighted by atomic mass is 16.3. The lowest BCUT2D eigenvalue weighted by Crippen LogP contribution is -2.25. The molecule has 0 saturated carbocycles. The summed E-state index contributed by atoms with van der Waals surface area (Å²) in [6, 6.07) is 64.2. The molecule has 0 bridgehead atoms. The molecule has 0 aliphatic heterocycles. The van der Waals surface area contributed by atoms with Gasteiger partial charge in [-0.25, -0.2) is 0 Å². The number of anilines is 3. The van der Waals surface area contributed by atoms with Gasteiger partial charge in [-0.15, -0.1) is 0 Å². The average molecular weight is 624 g/mol. The molecule has 2 aliphatic rings. The van der Waals surface area contributed by atoms with E-state index in [1.807, 2.05) is 0 Å². The molecule has 1 aromatic heterocycles. The van der Waals surface area contributed by atoms with Crippen LogP contribution in [0.2, 0.25) is 0 Å². The van der Waals surface area contributed by atoms with E-state index in [0.717, 1.165) is 28.4 Å². The predicted molar refractivity (Wildman–Crippen MR) is 202 cm³/mol. The Hall–Kier alpha value is -6.38. The summed E-state index contributed by atoms with van der Waals surface area (Å²) in [5, 5.41) is 6.08. The summed E-state index contributed by atoms with van der Waals surface area (Å²) in [6.07, 6.45) is 0. The van der Waals surface area contributed by atoms with E-state index in [2.05, 4.69) is 181 Å². The molecule has 1 heterocycles. The van der Waals surface area contributed by atoms with Gasteiger partial charge < -0.3 is 9.32 Å². The van der Waals surface area contributed by atoms with Crippen LogP contribution in [0.3, 0.4) is 0 Å². The minimum absolute atomic E-state index is 0.473. The second-order valence-electron chi connectivity index (χ2n) is 13.3. The zero-order valence-electron chi connectivity index (χ0n) is 26.6. The molecule has 0 fully saturated rings. The van der Waals surface area contributed by atoms with Crippen molar-refractivity contribution in [2.24, 2.45) is 0 Å². The van der Waals surface area contributed by atoms with Crippen LogP contribution in [0, 0.1) is 0 Å². The molecule has 49 heavy (non-hydrogen) atoms. The van der Waals surface area contributed by atoms with E-state index in [0.29, 0.717) is 0 Å². The number of hydrogen-bond donors (Lipinski definition) is 0. The van der Waals surface area contributed by atoms with Gasteiger partial charge >= 0.3 is 0 Å². The Labute approximate surface area is 284 Å². The van der Waals surface area contributed by atoms with Crippen molar-refractivity contribution in [2.75, 3.05) is 4.90 Å². The van der Waals surface area contributed by atoms with Gasteiger partial charge in [0.2, 0.25) is 0 Å². The molecule has 1 unspecified atom stereocenters. The first kappa shape index (κ1) is 26.7. The van der Waals surface area contributed by atoms with Crippen molar-refractivity contribution in [1.29, 1.82) is 0 Å². The van der Waals surface area contributed by atoms with E-state index in [1.54, 1.807) is 0 Å². The first-order valence-electron chi connectivity index (χ1n) is 16.9. The first-order chi connectivity index (χ1) is 24.3. The third-order valence-corrected chi connectivity index (χ3v) is 10.8. The summed E-state index contributed by atoms with van der Waals surface area (Å²) in [5.74, 6) is 0.984. The van der Waals surface area contributed by atoms with Crippen molar-refractivity contribution in [2.45, 2.75) is 5.41 Å². The molecule has 2 aliphatic carbocycles. The minimum atomic E-state index is -0.473. The predicted octanol–water partition coefficient (Wildman–Crippen LogP) is 12.6. The Morgan fingerprint density at radius 3 is 1.61 bits per heavy atom. The zero-order chi connectivity index (χ0) is 32.1. The van der Waals surface area contributed by atoms with Crippen LogP contribution in [0.5, 0.6) is 0 Å². The molecule has 0 amide bonds. The minimum Gasteiger partial charge on any atom is -0.456 e. The van der Waals surface area contributed by atoms with Crippen molar-refractivity contribution in [3.63, 3.8) is 0 Å². The third kappa shape index (κ3) is 3.55. The number of rotatable bonds is 3. The molecule has 0 saturated heterocycles. The number of fused-ring (bicyclic) bond motifs is 14. The van der Waals surface area contributed by atoms with Crippen LogP contribution in [0.1, 0.15) is 22.3 Å². The lowest BCUT2D eigenvalue weighted by molar-refractivity contribution is 0.628. The molecule has 9 aromatic rings. The Balaban J connectivity index is 1.19. The normalized spacial score (nSPS) is 15.4. The Morgan fingerprint density at radius 1 is 0.388 bits per heavy atom. The standard InChI is InChI=1S/C47H29NO/c1-3-13-32-27-34(23-21-30(32)11-1)48(35-24-22-31-12-2-4-14-33(31)28-35)36-25-26-43-40(29-36)37-15-5-8-18-41(37)47(43)42-19-9-6-16-38(42)46-45(47)39-17-7-10-20-44(39)49-46/h1-29H. The molecule has 0 radical (unpaired) electrons. The molecular weight excluding hydrogens is 595 g/mol. The summed E-state index contributed by atoms with van der Waals surface area (Å²) in [6.45, 7) is 0. The van der Waals surface area contributed by atoms with Gasteiger partial charge in [0, 0.05) is 33.6 Å². The van der Waals surface area contributed by atoms with E-state index in [9.17, 15) is 0 Å². The molecule has 1 atom stereocenters. The molecule has 2 nitrogen and oxygen atoms in total. The number of nitrogens with zero attached hydrogens (tertiary/aromatic N) is 1. The van der Waals surface area contributed by atoms with Crippen molar-refractivity contribution < 1.29 is 4.42 Å². The molecule has 2 heteroatoms. The average Bonchev–Trinajstić information content (AvgIpc) is 3.78. The maximum atomic E-state index is 6.69. The van der Waals surface area contributed by atoms with Crippen molar-refractivity contribution in [3.05, 3.63) is 198 Å². The fourth-order valence-corrected chi connectivity index (χ4v) is 8.80. The van der Waals surface area contributed by atoms with Gasteiger partial charge in [0.1, 0.15) is 11.3 Å². The lowest BCUT2D eigenvalue weighted by atomic mass is 9.70. The Kier molecular flexibility index (Phi) is 5.34. The quantitative estimate of drug-likeness (QED) is 0.195. The highest BCUT2D eigenvalue weighted by Crippen LogP contribution is 2.65. The van der Waals surface area contributed by atoms with E-state index in [1.165, 1.54) is 65.9 Å². The van der Waals surface area contributed by atoms with Crippen molar-refractivity contribution >= 4 is 49.6 Å². The van der Waals surface area contributed by atoms with Crippen LogP contribution in [0.25, 0.3) is 55.0 Å². The first-order valence-corrected chi connectivity index (χ1v) is 16.9. The van der Waals surface area contributed by atoms with Crippen LogP contribution in [0.15, 0.2) is 180 Å². The zero-order valence-corrected chi connectivity index (χ0v) is 26.6. The lowest BCUT2D eigenvalue weighted by Gasteiger charge is -2.31. The third-order valence-electron chi connectivity index (χ3n) is 10.8. The molecule has 8 aromatic carbocycles. The second-order valence-corrected chi connectivity index (χ2v) is 13.3. The van der Waals surface area contributed by atoms with Gasteiger partial charge in [-0.2, -0.15) is 0 Å². The SMILES string of the molecule is c1ccc2c(c1)-c1cc(N(c3ccc4ccccc4c3)c3ccc4ccccc4c3)ccc1C21c2ccccc2-c2oc3ccccc3c21. The highest BCUT2D eigenvalue weighted by molar-refractivity contribution is 6.03. The van der Waals surface area contributed by atoms with Gasteiger partial charge in [-0.05, 0) is 91.8 Å². The second kappa shape index (κ2) is 9.82. The van der Waals surface area contributed by atoms with E-state index in [4.69, 9.17) is 4.42 Å². The van der Waals surface area contributed by atoms with E-state index >= 15 is 0 Å². The van der Waals surface area contributed by atoms with Gasteiger partial charge in [0.05, 0.1) is 5.41 Å². The van der Waals surface area contributed by atoms with E-state index in [-0.39, 0.29) is 0 Å². The van der Waals surface area contributed by atoms with Gasteiger partial charge in [-0.3, -0.25) is 0 Å². The van der Waals surface area contributed by atoms with Gasteiger partial charge in [0.15, 0.2) is 0 Å². The number of furan rings is 1. The largest absolute Gasteiger partial charge is 0.456 e. The molecule has 11 rings (SSSR count). The maximum Gasteiger partial charge on any atom is 0.140 e. The van der Waals surface area contributed by atoms with Crippen molar-refractivity contribution in [3.8, 4) is 22.5 Å². The fourth-order valence-electron chi connectivity index (χ4n) is 8.80. The monoisotopic (exact) mass is 623 g/mol. The molecule has 0 N–H and O–H groups in total. The number of benzene rings is 8. The summed E-state index contributed by atoms with van der Waals surface area (Å²) < 4.78 is 6.69.